The average molecular weight is 389 g/mol. The van der Waals surface area contributed by atoms with E-state index in [4.69, 9.17) is 25.5 Å². The SMILES string of the molecule is O=c1onc(-c2nonc2COc2ccccc2)n1-c1ccc(F)c(Cl)c1. The molecule has 0 N–H and O–H groups in total. The highest BCUT2D eigenvalue weighted by Gasteiger charge is 2.23. The molecular formula is C17H10ClFN4O4. The van der Waals surface area contributed by atoms with Gasteiger partial charge in [-0.2, -0.15) is 0 Å². The van der Waals surface area contributed by atoms with Crippen molar-refractivity contribution in [3.63, 3.8) is 0 Å². The molecule has 0 fully saturated rings. The van der Waals surface area contributed by atoms with E-state index in [2.05, 4.69) is 15.5 Å². The van der Waals surface area contributed by atoms with Gasteiger partial charge >= 0.3 is 5.76 Å². The lowest BCUT2D eigenvalue weighted by molar-refractivity contribution is 0.270. The minimum absolute atomic E-state index is 0.0219. The summed E-state index contributed by atoms with van der Waals surface area (Å²) in [5.41, 5.74) is 0.701. The Morgan fingerprint density at radius 1 is 1.11 bits per heavy atom. The number of rotatable bonds is 5. The highest BCUT2D eigenvalue weighted by molar-refractivity contribution is 6.30. The first kappa shape index (κ1) is 17.0. The molecule has 0 saturated carbocycles. The van der Waals surface area contributed by atoms with E-state index < -0.39 is 11.6 Å². The zero-order valence-corrected chi connectivity index (χ0v) is 14.3. The lowest BCUT2D eigenvalue weighted by atomic mass is 10.2. The number of hydrogen-bond donors (Lipinski definition) is 0. The maximum Gasteiger partial charge on any atom is 0.446 e. The van der Waals surface area contributed by atoms with Crippen LogP contribution in [0.15, 0.2) is 62.5 Å². The van der Waals surface area contributed by atoms with Crippen LogP contribution in [0.25, 0.3) is 17.2 Å². The van der Waals surface area contributed by atoms with Crippen molar-refractivity contribution in [2.24, 2.45) is 0 Å². The van der Waals surface area contributed by atoms with Crippen molar-refractivity contribution < 1.29 is 18.3 Å². The summed E-state index contributed by atoms with van der Waals surface area (Å²) in [5, 5.41) is 11.1. The van der Waals surface area contributed by atoms with Crippen LogP contribution in [0.2, 0.25) is 5.02 Å². The number of aromatic nitrogens is 4. The Labute approximate surface area is 155 Å². The van der Waals surface area contributed by atoms with Crippen molar-refractivity contribution in [1.29, 1.82) is 0 Å². The van der Waals surface area contributed by atoms with E-state index >= 15 is 0 Å². The molecule has 0 aliphatic rings. The summed E-state index contributed by atoms with van der Waals surface area (Å²) in [6, 6.07) is 12.8. The van der Waals surface area contributed by atoms with Crippen molar-refractivity contribution in [2.75, 3.05) is 0 Å². The maximum atomic E-state index is 13.4. The molecule has 4 rings (SSSR count). The molecule has 0 amide bonds. The van der Waals surface area contributed by atoms with E-state index in [0.29, 0.717) is 11.4 Å². The fraction of sp³-hybridized carbons (Fsp3) is 0.0588. The quantitative estimate of drug-likeness (QED) is 0.517. The number of halogens is 2. The Morgan fingerprint density at radius 2 is 1.93 bits per heavy atom. The zero-order chi connectivity index (χ0) is 18.8. The highest BCUT2D eigenvalue weighted by Crippen LogP contribution is 2.24. The third-order valence-corrected chi connectivity index (χ3v) is 3.94. The van der Waals surface area contributed by atoms with E-state index in [1.165, 1.54) is 12.1 Å². The molecule has 0 atom stereocenters. The Hall–Kier alpha value is -3.46. The molecule has 136 valence electrons. The normalized spacial score (nSPS) is 10.9. The van der Waals surface area contributed by atoms with E-state index in [1.807, 2.05) is 18.2 Å². The lowest BCUT2D eigenvalue weighted by Gasteiger charge is -2.05. The Bertz CT molecular complexity index is 1140. The summed E-state index contributed by atoms with van der Waals surface area (Å²) in [5.74, 6) is -0.776. The Kier molecular flexibility index (Phi) is 4.43. The molecule has 0 aliphatic carbocycles. The van der Waals surface area contributed by atoms with Gasteiger partial charge in [0, 0.05) is 0 Å². The molecule has 0 unspecified atom stereocenters. The van der Waals surface area contributed by atoms with Gasteiger partial charge < -0.3 is 4.74 Å². The van der Waals surface area contributed by atoms with Gasteiger partial charge in [0.25, 0.3) is 0 Å². The van der Waals surface area contributed by atoms with Gasteiger partial charge in [0.2, 0.25) is 5.82 Å². The van der Waals surface area contributed by atoms with Crippen LogP contribution in [0.4, 0.5) is 4.39 Å². The fourth-order valence-electron chi connectivity index (χ4n) is 2.39. The third kappa shape index (κ3) is 3.32. The number of ether oxygens (including phenoxy) is 1. The van der Waals surface area contributed by atoms with E-state index in [0.717, 1.165) is 10.6 Å². The second kappa shape index (κ2) is 7.04. The predicted molar refractivity (Wildman–Crippen MR) is 91.1 cm³/mol. The standard InChI is InChI=1S/C17H10ClFN4O4/c18-12-8-10(6-7-13(12)19)23-16(22-26-17(23)24)15-14(20-27-21-15)9-25-11-4-2-1-3-5-11/h1-8H,9H2. The highest BCUT2D eigenvalue weighted by atomic mass is 35.5. The molecule has 0 spiro atoms. The van der Waals surface area contributed by atoms with Gasteiger partial charge in [-0.1, -0.05) is 40.1 Å². The summed E-state index contributed by atoms with van der Waals surface area (Å²) < 4.78 is 29.6. The second-order valence-electron chi connectivity index (χ2n) is 5.37. The second-order valence-corrected chi connectivity index (χ2v) is 5.77. The van der Waals surface area contributed by atoms with Gasteiger partial charge in [0.1, 0.15) is 18.2 Å². The van der Waals surface area contributed by atoms with E-state index in [9.17, 15) is 9.18 Å². The Morgan fingerprint density at radius 3 is 2.70 bits per heavy atom. The molecule has 0 radical (unpaired) electrons. The van der Waals surface area contributed by atoms with Gasteiger partial charge in [0.15, 0.2) is 11.4 Å². The zero-order valence-electron chi connectivity index (χ0n) is 13.5. The maximum absolute atomic E-state index is 13.4. The van der Waals surface area contributed by atoms with Crippen LogP contribution in [0.5, 0.6) is 5.75 Å². The van der Waals surface area contributed by atoms with Crippen LogP contribution in [0.1, 0.15) is 5.69 Å². The van der Waals surface area contributed by atoms with Gasteiger partial charge in [-0.15, -0.1) is 0 Å². The molecular weight excluding hydrogens is 379 g/mol. The molecule has 8 nitrogen and oxygen atoms in total. The first-order valence-electron chi connectivity index (χ1n) is 7.67. The molecule has 0 aliphatic heterocycles. The van der Waals surface area contributed by atoms with Crippen LogP contribution >= 0.6 is 11.6 Å². The van der Waals surface area contributed by atoms with Gasteiger partial charge in [-0.25, -0.2) is 18.4 Å². The molecule has 2 aromatic carbocycles. The monoisotopic (exact) mass is 388 g/mol. The van der Waals surface area contributed by atoms with Crippen LogP contribution < -0.4 is 10.5 Å². The molecule has 4 aromatic rings. The largest absolute Gasteiger partial charge is 0.487 e. The number of benzene rings is 2. The van der Waals surface area contributed by atoms with E-state index in [1.54, 1.807) is 12.1 Å². The topological polar surface area (TPSA) is 96.2 Å². The minimum Gasteiger partial charge on any atom is -0.487 e. The van der Waals surface area contributed by atoms with Crippen LogP contribution in [-0.4, -0.2) is 20.0 Å². The van der Waals surface area contributed by atoms with Gasteiger partial charge in [0.05, 0.1) is 10.7 Å². The molecule has 2 aromatic heterocycles. The van der Waals surface area contributed by atoms with E-state index in [-0.39, 0.29) is 28.8 Å². The molecule has 0 bridgehead atoms. The average Bonchev–Trinajstić information content (AvgIpc) is 3.29. The van der Waals surface area contributed by atoms with Crippen molar-refractivity contribution in [3.8, 4) is 23.0 Å². The summed E-state index contributed by atoms with van der Waals surface area (Å²) in [4.78, 5) is 12.1. The summed E-state index contributed by atoms with van der Waals surface area (Å²) in [6.07, 6.45) is 0. The first-order valence-corrected chi connectivity index (χ1v) is 8.05. The number of nitrogens with zero attached hydrogens (tertiary/aromatic N) is 4. The first-order chi connectivity index (χ1) is 13.1. The molecule has 27 heavy (non-hydrogen) atoms. The molecule has 10 heteroatoms. The molecule has 0 saturated heterocycles. The van der Waals surface area contributed by atoms with Crippen molar-refractivity contribution in [2.45, 2.75) is 6.61 Å². The predicted octanol–water partition coefficient (Wildman–Crippen LogP) is 3.25. The number of hydrogen-bond acceptors (Lipinski definition) is 7. The Balaban J connectivity index is 1.70. The van der Waals surface area contributed by atoms with Gasteiger partial charge in [-0.05, 0) is 35.5 Å². The van der Waals surface area contributed by atoms with Gasteiger partial charge in [-0.3, -0.25) is 4.52 Å². The van der Waals surface area contributed by atoms with Crippen LogP contribution in [-0.2, 0) is 6.61 Å². The van der Waals surface area contributed by atoms with Crippen molar-refractivity contribution >= 4 is 11.6 Å². The fourth-order valence-corrected chi connectivity index (χ4v) is 2.57. The van der Waals surface area contributed by atoms with Crippen LogP contribution in [0, 0.1) is 5.82 Å². The summed E-state index contributed by atoms with van der Waals surface area (Å²) >= 11 is 5.80. The lowest BCUT2D eigenvalue weighted by Crippen LogP contribution is -2.14. The smallest absolute Gasteiger partial charge is 0.446 e. The minimum atomic E-state index is -0.800. The summed E-state index contributed by atoms with van der Waals surface area (Å²) in [6.45, 7) is 0.0219. The van der Waals surface area contributed by atoms with Crippen molar-refractivity contribution in [1.82, 2.24) is 20.0 Å². The van der Waals surface area contributed by atoms with Crippen molar-refractivity contribution in [3.05, 3.63) is 75.6 Å². The summed E-state index contributed by atoms with van der Waals surface area (Å²) in [7, 11) is 0. The van der Waals surface area contributed by atoms with Crippen LogP contribution in [0.3, 0.4) is 0 Å². The third-order valence-electron chi connectivity index (χ3n) is 3.65. The number of para-hydroxylation sites is 1. The molecule has 2 heterocycles.